The first kappa shape index (κ1) is 12.0. The molecule has 0 N–H and O–H groups in total. The summed E-state index contributed by atoms with van der Waals surface area (Å²) in [6.45, 7) is 7.13. The van der Waals surface area contributed by atoms with Crippen LogP contribution in [0.1, 0.15) is 25.8 Å². The largest absolute Gasteiger partial charge is 0.371 e. The Hall–Kier alpha value is -0.500. The normalized spacial score (nSPS) is 25.8. The van der Waals surface area contributed by atoms with E-state index in [-0.39, 0.29) is 0 Å². The lowest BCUT2D eigenvalue weighted by Crippen LogP contribution is -2.38. The number of hydrogen-bond acceptors (Lipinski definition) is 1. The van der Waals surface area contributed by atoms with Crippen LogP contribution in [0.3, 0.4) is 0 Å². The molecule has 0 saturated carbocycles. The number of benzene rings is 1. The summed E-state index contributed by atoms with van der Waals surface area (Å²) in [5.74, 6) is 1.64. The zero-order valence-electron chi connectivity index (χ0n) is 10.1. The smallest absolute Gasteiger partial charge is 0.0366 e. The fraction of sp³-hybridized carbons (Fsp3) is 0.571. The van der Waals surface area contributed by atoms with Gasteiger partial charge in [0.15, 0.2) is 0 Å². The monoisotopic (exact) mass is 281 g/mol. The molecule has 0 amide bonds. The minimum absolute atomic E-state index is 0.819. The first-order valence-electron chi connectivity index (χ1n) is 6.09. The maximum Gasteiger partial charge on any atom is 0.0366 e. The molecule has 2 atom stereocenters. The van der Waals surface area contributed by atoms with E-state index in [9.17, 15) is 0 Å². The zero-order valence-corrected chi connectivity index (χ0v) is 11.7. The van der Waals surface area contributed by atoms with Crippen molar-refractivity contribution in [3.05, 3.63) is 29.8 Å². The lowest BCUT2D eigenvalue weighted by Gasteiger charge is -2.36. The van der Waals surface area contributed by atoms with Gasteiger partial charge in [0, 0.05) is 24.1 Å². The Morgan fingerprint density at radius 2 is 1.69 bits per heavy atom. The summed E-state index contributed by atoms with van der Waals surface area (Å²) in [6, 6.07) is 8.94. The molecular weight excluding hydrogens is 262 g/mol. The van der Waals surface area contributed by atoms with Crippen LogP contribution in [-0.2, 0) is 5.33 Å². The molecule has 2 unspecified atom stereocenters. The van der Waals surface area contributed by atoms with Gasteiger partial charge in [0.1, 0.15) is 0 Å². The van der Waals surface area contributed by atoms with Crippen molar-refractivity contribution in [2.45, 2.75) is 25.6 Å². The molecule has 1 aromatic rings. The molecule has 0 aliphatic carbocycles. The van der Waals surface area contributed by atoms with Crippen LogP contribution in [0.25, 0.3) is 0 Å². The minimum atomic E-state index is 0.819. The van der Waals surface area contributed by atoms with Crippen LogP contribution in [-0.4, -0.2) is 13.1 Å². The highest BCUT2D eigenvalue weighted by molar-refractivity contribution is 9.08. The van der Waals surface area contributed by atoms with Crippen molar-refractivity contribution in [2.75, 3.05) is 18.0 Å². The van der Waals surface area contributed by atoms with Crippen LogP contribution in [0.5, 0.6) is 0 Å². The second kappa shape index (κ2) is 5.22. The first-order valence-corrected chi connectivity index (χ1v) is 7.21. The highest BCUT2D eigenvalue weighted by Gasteiger charge is 2.21. The molecule has 1 fully saturated rings. The van der Waals surface area contributed by atoms with Gasteiger partial charge in [-0.3, -0.25) is 0 Å². The van der Waals surface area contributed by atoms with E-state index in [1.54, 1.807) is 0 Å². The first-order chi connectivity index (χ1) is 7.69. The Balaban J connectivity index is 2.10. The molecule has 1 aliphatic heterocycles. The molecule has 0 bridgehead atoms. The van der Waals surface area contributed by atoms with E-state index in [1.165, 1.54) is 30.8 Å². The van der Waals surface area contributed by atoms with Crippen molar-refractivity contribution in [1.29, 1.82) is 0 Å². The number of alkyl halides is 1. The number of piperidine rings is 1. The average Bonchev–Trinajstić information content (AvgIpc) is 2.28. The lowest BCUT2D eigenvalue weighted by atomic mass is 9.91. The summed E-state index contributed by atoms with van der Waals surface area (Å²) in [4.78, 5) is 2.52. The second-order valence-electron chi connectivity index (χ2n) is 5.15. The number of nitrogens with zero attached hydrogens (tertiary/aromatic N) is 1. The van der Waals surface area contributed by atoms with Gasteiger partial charge in [-0.25, -0.2) is 0 Å². The van der Waals surface area contributed by atoms with E-state index in [0.717, 1.165) is 17.2 Å². The van der Waals surface area contributed by atoms with E-state index in [0.29, 0.717) is 0 Å². The van der Waals surface area contributed by atoms with Crippen molar-refractivity contribution in [3.8, 4) is 0 Å². The van der Waals surface area contributed by atoms with Crippen molar-refractivity contribution in [2.24, 2.45) is 11.8 Å². The van der Waals surface area contributed by atoms with Gasteiger partial charge in [0.25, 0.3) is 0 Å². The fourth-order valence-electron chi connectivity index (χ4n) is 2.67. The van der Waals surface area contributed by atoms with Gasteiger partial charge in [-0.1, -0.05) is 41.9 Å². The molecule has 0 radical (unpaired) electrons. The van der Waals surface area contributed by atoms with Crippen LogP contribution in [0.2, 0.25) is 0 Å². The Bertz CT molecular complexity index is 323. The van der Waals surface area contributed by atoms with Gasteiger partial charge >= 0.3 is 0 Å². The molecule has 2 rings (SSSR count). The van der Waals surface area contributed by atoms with E-state index in [2.05, 4.69) is 58.9 Å². The average molecular weight is 282 g/mol. The summed E-state index contributed by atoms with van der Waals surface area (Å²) < 4.78 is 0. The number of halogens is 1. The molecule has 0 spiro atoms. The van der Waals surface area contributed by atoms with Gasteiger partial charge in [-0.05, 0) is 36.0 Å². The van der Waals surface area contributed by atoms with E-state index in [4.69, 9.17) is 0 Å². The van der Waals surface area contributed by atoms with Gasteiger partial charge in [-0.2, -0.15) is 0 Å². The van der Waals surface area contributed by atoms with Gasteiger partial charge < -0.3 is 4.90 Å². The molecule has 88 valence electrons. The van der Waals surface area contributed by atoms with E-state index < -0.39 is 0 Å². The molecule has 1 saturated heterocycles. The predicted octanol–water partition coefficient (Wildman–Crippen LogP) is 4.06. The molecule has 1 nitrogen and oxygen atoms in total. The molecule has 1 aliphatic rings. The van der Waals surface area contributed by atoms with Crippen molar-refractivity contribution in [3.63, 3.8) is 0 Å². The number of rotatable bonds is 2. The standard InChI is InChI=1S/C14H20BrN/c1-11-7-12(2)10-16(9-11)14-5-3-13(8-15)4-6-14/h3-6,11-12H,7-10H2,1-2H3. The van der Waals surface area contributed by atoms with Gasteiger partial charge in [-0.15, -0.1) is 0 Å². The van der Waals surface area contributed by atoms with Crippen LogP contribution in [0.4, 0.5) is 5.69 Å². The third-order valence-electron chi connectivity index (χ3n) is 3.32. The third kappa shape index (κ3) is 2.79. The zero-order chi connectivity index (χ0) is 11.5. The lowest BCUT2D eigenvalue weighted by molar-refractivity contribution is 0.357. The maximum atomic E-state index is 3.48. The summed E-state index contributed by atoms with van der Waals surface area (Å²) in [5.41, 5.74) is 2.73. The number of anilines is 1. The molecule has 1 aromatic carbocycles. The van der Waals surface area contributed by atoms with E-state index in [1.807, 2.05) is 0 Å². The summed E-state index contributed by atoms with van der Waals surface area (Å²) in [7, 11) is 0. The Morgan fingerprint density at radius 1 is 1.12 bits per heavy atom. The molecule has 16 heavy (non-hydrogen) atoms. The molecule has 0 aromatic heterocycles. The van der Waals surface area contributed by atoms with E-state index >= 15 is 0 Å². The minimum Gasteiger partial charge on any atom is -0.371 e. The number of hydrogen-bond donors (Lipinski definition) is 0. The van der Waals surface area contributed by atoms with Crippen molar-refractivity contribution >= 4 is 21.6 Å². The molecule has 1 heterocycles. The topological polar surface area (TPSA) is 3.24 Å². The quantitative estimate of drug-likeness (QED) is 0.739. The summed E-state index contributed by atoms with van der Waals surface area (Å²) in [6.07, 6.45) is 1.37. The fourth-order valence-corrected chi connectivity index (χ4v) is 3.04. The van der Waals surface area contributed by atoms with Crippen LogP contribution < -0.4 is 4.90 Å². The summed E-state index contributed by atoms with van der Waals surface area (Å²) in [5, 5.41) is 0.945. The second-order valence-corrected chi connectivity index (χ2v) is 5.71. The van der Waals surface area contributed by atoms with Gasteiger partial charge in [0.2, 0.25) is 0 Å². The molecular formula is C14H20BrN. The van der Waals surface area contributed by atoms with Crippen LogP contribution in [0.15, 0.2) is 24.3 Å². The van der Waals surface area contributed by atoms with Crippen molar-refractivity contribution in [1.82, 2.24) is 0 Å². The van der Waals surface area contributed by atoms with Crippen molar-refractivity contribution < 1.29 is 0 Å². The van der Waals surface area contributed by atoms with Gasteiger partial charge in [0.05, 0.1) is 0 Å². The third-order valence-corrected chi connectivity index (χ3v) is 3.97. The summed E-state index contributed by atoms with van der Waals surface area (Å²) >= 11 is 3.48. The Labute approximate surface area is 107 Å². The molecule has 2 heteroatoms. The van der Waals surface area contributed by atoms with Crippen LogP contribution in [0, 0.1) is 11.8 Å². The maximum absolute atomic E-state index is 3.48. The highest BCUT2D eigenvalue weighted by atomic mass is 79.9. The SMILES string of the molecule is CC1CC(C)CN(c2ccc(CBr)cc2)C1. The highest BCUT2D eigenvalue weighted by Crippen LogP contribution is 2.26. The van der Waals surface area contributed by atoms with Crippen LogP contribution >= 0.6 is 15.9 Å². The Morgan fingerprint density at radius 3 is 2.19 bits per heavy atom. The Kier molecular flexibility index (Phi) is 3.91. The predicted molar refractivity (Wildman–Crippen MR) is 74.2 cm³/mol.